The van der Waals surface area contributed by atoms with Crippen molar-refractivity contribution in [2.45, 2.75) is 45.4 Å². The van der Waals surface area contributed by atoms with E-state index in [1.807, 2.05) is 0 Å². The van der Waals surface area contributed by atoms with Crippen molar-refractivity contribution in [1.82, 2.24) is 0 Å². The van der Waals surface area contributed by atoms with Gasteiger partial charge in [0.05, 0.1) is 0 Å². The quantitative estimate of drug-likeness (QED) is 0.167. The number of fused-ring (bicyclic) bond motifs is 4. The smallest absolute Gasteiger partial charge is 0.0499 e. The van der Waals surface area contributed by atoms with Crippen LogP contribution in [0.4, 0.5) is 17.1 Å². The fourth-order valence-corrected chi connectivity index (χ4v) is 8.45. The Bertz CT molecular complexity index is 2660. The largest absolute Gasteiger partial charge is 0.310 e. The van der Waals surface area contributed by atoms with Gasteiger partial charge in [0.15, 0.2) is 0 Å². The molecule has 0 fully saturated rings. The van der Waals surface area contributed by atoms with Crippen molar-refractivity contribution < 1.29 is 0 Å². The van der Waals surface area contributed by atoms with Gasteiger partial charge in [0.25, 0.3) is 0 Å². The van der Waals surface area contributed by atoms with E-state index in [1.165, 1.54) is 77.7 Å². The van der Waals surface area contributed by atoms with Gasteiger partial charge in [-0.3, -0.25) is 0 Å². The van der Waals surface area contributed by atoms with Gasteiger partial charge in [-0.25, -0.2) is 0 Å². The van der Waals surface area contributed by atoms with Gasteiger partial charge in [0.2, 0.25) is 0 Å². The SMILES string of the molecule is CC(C)(C)c1cc(-c2ccccc2)ccc1N(c1ccc(-c2cccc(-c3ccc4c(c3)C(C)(C)c3ccccc3-4)c2)cc1)c1ccc2ccccc2c1. The predicted molar refractivity (Wildman–Crippen MR) is 231 cm³/mol. The van der Waals surface area contributed by atoms with Crippen LogP contribution in [0, 0.1) is 0 Å². The van der Waals surface area contributed by atoms with E-state index in [2.05, 4.69) is 222 Å². The van der Waals surface area contributed by atoms with Crippen molar-refractivity contribution in [3.8, 4) is 44.5 Å². The lowest BCUT2D eigenvalue weighted by molar-refractivity contribution is 0.591. The summed E-state index contributed by atoms with van der Waals surface area (Å²) >= 11 is 0. The first-order valence-electron chi connectivity index (χ1n) is 19.1. The minimum absolute atomic E-state index is 0.0268. The third-order valence-corrected chi connectivity index (χ3v) is 11.4. The monoisotopic (exact) mass is 695 g/mol. The van der Waals surface area contributed by atoms with Crippen LogP contribution in [-0.4, -0.2) is 0 Å². The number of rotatable bonds is 6. The summed E-state index contributed by atoms with van der Waals surface area (Å²) in [6.07, 6.45) is 0. The summed E-state index contributed by atoms with van der Waals surface area (Å²) in [7, 11) is 0. The van der Waals surface area contributed by atoms with Crippen molar-refractivity contribution >= 4 is 27.8 Å². The van der Waals surface area contributed by atoms with Crippen LogP contribution >= 0.6 is 0 Å². The highest BCUT2D eigenvalue weighted by atomic mass is 15.1. The summed E-state index contributed by atoms with van der Waals surface area (Å²) in [5, 5.41) is 2.47. The minimum Gasteiger partial charge on any atom is -0.310 e. The second kappa shape index (κ2) is 13.0. The summed E-state index contributed by atoms with van der Waals surface area (Å²) in [5.41, 5.74) is 17.5. The molecule has 1 nitrogen and oxygen atoms in total. The van der Waals surface area contributed by atoms with Crippen molar-refractivity contribution in [2.75, 3.05) is 4.90 Å². The molecule has 0 heterocycles. The normalized spacial score (nSPS) is 13.1. The Morgan fingerprint density at radius 1 is 0.389 bits per heavy atom. The predicted octanol–water partition coefficient (Wildman–Crippen LogP) is 14.9. The van der Waals surface area contributed by atoms with E-state index in [-0.39, 0.29) is 10.8 Å². The van der Waals surface area contributed by atoms with Crippen molar-refractivity contribution in [3.63, 3.8) is 0 Å². The minimum atomic E-state index is -0.0921. The Morgan fingerprint density at radius 2 is 0.944 bits per heavy atom. The second-order valence-electron chi connectivity index (χ2n) is 16.3. The maximum atomic E-state index is 2.44. The van der Waals surface area contributed by atoms with Gasteiger partial charge in [0, 0.05) is 22.5 Å². The van der Waals surface area contributed by atoms with Crippen LogP contribution in [0.1, 0.15) is 51.3 Å². The van der Waals surface area contributed by atoms with E-state index in [0.717, 1.165) is 11.4 Å². The van der Waals surface area contributed by atoms with E-state index in [0.29, 0.717) is 0 Å². The average molecular weight is 696 g/mol. The maximum Gasteiger partial charge on any atom is 0.0499 e. The van der Waals surface area contributed by atoms with E-state index in [4.69, 9.17) is 0 Å². The van der Waals surface area contributed by atoms with Crippen molar-refractivity contribution in [3.05, 3.63) is 199 Å². The summed E-state index contributed by atoms with van der Waals surface area (Å²) in [6, 6.07) is 67.1. The molecule has 8 aromatic rings. The van der Waals surface area contributed by atoms with Crippen LogP contribution in [-0.2, 0) is 10.8 Å². The lowest BCUT2D eigenvalue weighted by atomic mass is 9.81. The van der Waals surface area contributed by atoms with E-state index >= 15 is 0 Å². The third-order valence-electron chi connectivity index (χ3n) is 11.4. The topological polar surface area (TPSA) is 3.24 Å². The molecule has 0 amide bonds. The number of hydrogen-bond donors (Lipinski definition) is 0. The average Bonchev–Trinajstić information content (AvgIpc) is 3.43. The second-order valence-corrected chi connectivity index (χ2v) is 16.3. The number of nitrogens with zero attached hydrogens (tertiary/aromatic N) is 1. The molecule has 0 saturated carbocycles. The van der Waals surface area contributed by atoms with Gasteiger partial charge in [0.1, 0.15) is 0 Å². The lowest BCUT2D eigenvalue weighted by Crippen LogP contribution is -2.19. The molecular formula is C53H45N. The first kappa shape index (κ1) is 33.6. The first-order chi connectivity index (χ1) is 26.1. The molecule has 262 valence electrons. The van der Waals surface area contributed by atoms with E-state index in [9.17, 15) is 0 Å². The van der Waals surface area contributed by atoms with Crippen LogP contribution in [0.2, 0.25) is 0 Å². The Hall–Kier alpha value is -6.18. The van der Waals surface area contributed by atoms with Crippen LogP contribution in [0.5, 0.6) is 0 Å². The van der Waals surface area contributed by atoms with Crippen molar-refractivity contribution in [2.24, 2.45) is 0 Å². The maximum absolute atomic E-state index is 2.44. The van der Waals surface area contributed by atoms with Crippen LogP contribution in [0.25, 0.3) is 55.3 Å². The molecule has 0 unspecified atom stereocenters. The molecular weight excluding hydrogens is 651 g/mol. The number of benzene rings is 8. The standard InChI is InChI=1S/C53H45N/c1-52(2,3)50-35-42(36-14-7-6-8-15-36)26-31-51(50)54(45-29-24-37-16-9-10-17-41(37)33-45)44-27-22-38(23-28-44)39-18-13-19-40(32-39)43-25-30-47-46-20-11-12-21-48(46)53(4,5)49(47)34-43/h6-35H,1-5H3. The van der Waals surface area contributed by atoms with Gasteiger partial charge in [-0.15, -0.1) is 0 Å². The fraction of sp³-hybridized carbons (Fsp3) is 0.132. The molecule has 0 spiro atoms. The molecule has 1 heteroatoms. The molecule has 54 heavy (non-hydrogen) atoms. The molecule has 8 aromatic carbocycles. The van der Waals surface area contributed by atoms with Gasteiger partial charge in [-0.05, 0) is 126 Å². The third kappa shape index (κ3) is 5.91. The van der Waals surface area contributed by atoms with E-state index < -0.39 is 0 Å². The summed E-state index contributed by atoms with van der Waals surface area (Å²) in [6.45, 7) is 11.6. The Kier molecular flexibility index (Phi) is 8.12. The Morgan fingerprint density at radius 3 is 1.72 bits per heavy atom. The fourth-order valence-electron chi connectivity index (χ4n) is 8.45. The van der Waals surface area contributed by atoms with Gasteiger partial charge >= 0.3 is 0 Å². The zero-order chi connectivity index (χ0) is 37.0. The molecule has 9 rings (SSSR count). The highest BCUT2D eigenvalue weighted by Gasteiger charge is 2.35. The molecule has 1 aliphatic carbocycles. The van der Waals surface area contributed by atoms with Gasteiger partial charge in [-0.1, -0.05) is 168 Å². The van der Waals surface area contributed by atoms with Crippen LogP contribution in [0.15, 0.2) is 182 Å². The molecule has 0 radical (unpaired) electrons. The first-order valence-corrected chi connectivity index (χ1v) is 19.1. The molecule has 0 bridgehead atoms. The molecule has 0 saturated heterocycles. The lowest BCUT2D eigenvalue weighted by Gasteiger charge is -2.32. The summed E-state index contributed by atoms with van der Waals surface area (Å²) < 4.78 is 0. The molecule has 0 aromatic heterocycles. The number of hydrogen-bond acceptors (Lipinski definition) is 1. The zero-order valence-electron chi connectivity index (χ0n) is 31.8. The number of anilines is 3. The van der Waals surface area contributed by atoms with E-state index in [1.54, 1.807) is 0 Å². The highest BCUT2D eigenvalue weighted by Crippen LogP contribution is 2.50. The molecule has 1 aliphatic rings. The van der Waals surface area contributed by atoms with Crippen LogP contribution < -0.4 is 4.90 Å². The van der Waals surface area contributed by atoms with Crippen LogP contribution in [0.3, 0.4) is 0 Å². The summed E-state index contributed by atoms with van der Waals surface area (Å²) in [5.74, 6) is 0. The highest BCUT2D eigenvalue weighted by molar-refractivity contribution is 5.91. The summed E-state index contributed by atoms with van der Waals surface area (Å²) in [4.78, 5) is 2.44. The molecule has 0 aliphatic heterocycles. The zero-order valence-corrected chi connectivity index (χ0v) is 31.8. The van der Waals surface area contributed by atoms with Gasteiger partial charge < -0.3 is 4.90 Å². The molecule has 0 atom stereocenters. The molecule has 0 N–H and O–H groups in total. The Labute approximate surface area is 320 Å². The van der Waals surface area contributed by atoms with Crippen molar-refractivity contribution in [1.29, 1.82) is 0 Å². The van der Waals surface area contributed by atoms with Gasteiger partial charge in [-0.2, -0.15) is 0 Å². The Balaban J connectivity index is 1.11.